The molecule has 6 rings (SSSR count). The zero-order valence-electron chi connectivity index (χ0n) is 47.0. The van der Waals surface area contributed by atoms with Crippen molar-refractivity contribution in [3.05, 3.63) is 118 Å². The summed E-state index contributed by atoms with van der Waals surface area (Å²) >= 11 is 0. The fraction of sp³-hybridized carbons (Fsp3) is 0.393. The maximum atomic E-state index is 14.0. The summed E-state index contributed by atoms with van der Waals surface area (Å²) in [5.74, 6) is -31.3. The molecule has 0 unspecified atom stereocenters. The van der Waals surface area contributed by atoms with Gasteiger partial charge in [0.1, 0.15) is 30.9 Å². The number of aliphatic carboxylic acids is 1. The van der Waals surface area contributed by atoms with Crippen LogP contribution in [0.4, 0.5) is 72.8 Å². The van der Waals surface area contributed by atoms with E-state index in [0.717, 1.165) is 46.2 Å². The van der Waals surface area contributed by atoms with Crippen LogP contribution in [0.1, 0.15) is 70.4 Å². The fourth-order valence-corrected chi connectivity index (χ4v) is 8.64. The highest BCUT2D eigenvalue weighted by Gasteiger charge is 2.39. The van der Waals surface area contributed by atoms with Gasteiger partial charge in [0.05, 0.1) is 35.3 Å². The van der Waals surface area contributed by atoms with Gasteiger partial charge in [-0.25, -0.2) is 17.6 Å². The van der Waals surface area contributed by atoms with Crippen LogP contribution < -0.4 is 30.7 Å². The second-order valence-corrected chi connectivity index (χ2v) is 20.7. The van der Waals surface area contributed by atoms with Crippen LogP contribution in [-0.2, 0) is 65.0 Å². The maximum Gasteiger partial charge on any atom is 0.418 e. The number of halogens is 14. The average molecular weight is 1300 g/mol. The van der Waals surface area contributed by atoms with E-state index < -0.39 is 207 Å². The zero-order valence-corrected chi connectivity index (χ0v) is 47.0. The minimum Gasteiger partial charge on any atom is -0.481 e. The summed E-state index contributed by atoms with van der Waals surface area (Å²) in [7, 11) is 0. The molecule has 2 aliphatic heterocycles. The summed E-state index contributed by atoms with van der Waals surface area (Å²) in [5, 5.41) is 17.4. The number of carbonyl (C=O) groups is 10. The lowest BCUT2D eigenvalue weighted by Gasteiger charge is -2.31. The summed E-state index contributed by atoms with van der Waals surface area (Å²) in [5.41, 5.74) is -4.58. The molecule has 34 heteroatoms. The van der Waals surface area contributed by atoms with E-state index in [1.165, 1.54) is 32.9 Å². The summed E-state index contributed by atoms with van der Waals surface area (Å²) in [6, 6.07) is 4.45. The second kappa shape index (κ2) is 30.2. The normalized spacial score (nSPS) is 14.6. The molecule has 0 bridgehead atoms. The van der Waals surface area contributed by atoms with Crippen molar-refractivity contribution in [2.45, 2.75) is 89.3 Å². The Morgan fingerprint density at radius 3 is 1.16 bits per heavy atom. The van der Waals surface area contributed by atoms with Gasteiger partial charge >= 0.3 is 47.9 Å². The van der Waals surface area contributed by atoms with Crippen molar-refractivity contribution in [3.63, 3.8) is 0 Å². The number of likely N-dealkylation sites (tertiary alicyclic amines) is 2. The number of nitrogens with one attached hydrogen (secondary N) is 4. The van der Waals surface area contributed by atoms with Crippen molar-refractivity contribution in [1.29, 1.82) is 0 Å². The number of rotatable bonds is 18. The quantitative estimate of drug-likeness (QED) is 0.0282. The summed E-state index contributed by atoms with van der Waals surface area (Å²) in [4.78, 5) is 127. The number of carboxylic acids is 1. The van der Waals surface area contributed by atoms with Crippen molar-refractivity contribution < 1.29 is 129 Å². The van der Waals surface area contributed by atoms with Crippen molar-refractivity contribution >= 4 is 70.3 Å². The number of amides is 6. The number of piperidine rings is 2. The summed E-state index contributed by atoms with van der Waals surface area (Å²) < 4.78 is 203. The van der Waals surface area contributed by atoms with E-state index >= 15 is 0 Å². The molecule has 2 fully saturated rings. The Balaban J connectivity index is 0.000000329. The van der Waals surface area contributed by atoms with E-state index in [-0.39, 0.29) is 64.0 Å². The Morgan fingerprint density at radius 2 is 0.844 bits per heavy atom. The topological polar surface area (TPSA) is 273 Å². The number of nitrogens with zero attached hydrogens (tertiary/aromatic N) is 2. The number of benzene rings is 4. The Hall–Kier alpha value is -9.40. The van der Waals surface area contributed by atoms with Crippen LogP contribution in [0.15, 0.2) is 60.7 Å². The lowest BCUT2D eigenvalue weighted by Crippen LogP contribution is -2.50. The molecule has 6 amide bonds. The minimum atomic E-state index is -4.80. The predicted molar refractivity (Wildman–Crippen MR) is 279 cm³/mol. The molecule has 90 heavy (non-hydrogen) atoms. The van der Waals surface area contributed by atoms with Gasteiger partial charge in [0.15, 0.2) is 46.3 Å². The second-order valence-electron chi connectivity index (χ2n) is 20.7. The number of anilines is 2. The average Bonchev–Trinajstić information content (AvgIpc) is 1.25. The molecule has 0 radical (unpaired) electrons. The molecule has 5 N–H and O–H groups in total. The van der Waals surface area contributed by atoms with Gasteiger partial charge in [-0.3, -0.25) is 47.9 Å². The highest BCUT2D eigenvalue weighted by molar-refractivity contribution is 6.40. The first kappa shape index (κ1) is 71.4. The van der Waals surface area contributed by atoms with Crippen LogP contribution in [0.25, 0.3) is 0 Å². The molecule has 2 atom stereocenters. The third-order valence-electron chi connectivity index (χ3n) is 13.1. The third-order valence-corrected chi connectivity index (χ3v) is 13.1. The first-order valence-corrected chi connectivity index (χ1v) is 26.4. The number of Topliss-reactive ketones (excluding diaryl/α,β-unsaturated/α-hetero) is 2. The number of hydrogen-bond acceptors (Lipinski definition) is 13. The monoisotopic (exact) mass is 1300 g/mol. The first-order valence-electron chi connectivity index (χ1n) is 26.4. The van der Waals surface area contributed by atoms with Crippen molar-refractivity contribution in [2.75, 3.05) is 50.0 Å². The predicted octanol–water partition coefficient (Wildman–Crippen LogP) is 7.35. The first-order chi connectivity index (χ1) is 41.9. The van der Waals surface area contributed by atoms with E-state index in [1.54, 1.807) is 0 Å². The smallest absolute Gasteiger partial charge is 0.418 e. The van der Waals surface area contributed by atoms with Crippen molar-refractivity contribution in [2.24, 2.45) is 11.8 Å². The minimum absolute atomic E-state index is 0.0627. The Labute approximate surface area is 499 Å². The Kier molecular flexibility index (Phi) is 23.9. The van der Waals surface area contributed by atoms with Gasteiger partial charge < -0.3 is 50.4 Å². The largest absolute Gasteiger partial charge is 0.481 e. The number of esters is 1. The molecule has 0 aromatic heterocycles. The lowest BCUT2D eigenvalue weighted by molar-refractivity contribution is -0.156. The Bertz CT molecular complexity index is 3350. The summed E-state index contributed by atoms with van der Waals surface area (Å²) in [6.45, 7) is 1.34. The molecule has 0 saturated carbocycles. The van der Waals surface area contributed by atoms with Gasteiger partial charge in [0.2, 0.25) is 35.1 Å². The number of ether oxygens (including phenoxy) is 3. The molecule has 488 valence electrons. The standard InChI is InChI=1S/C30H30F7N3O7.C26H22F7N3O7/c1-29(2,3)47-22(42)13-20(21(41)14-46-25-23(33)17(31)12-18(32)24(25)34)39-26(43)15-8-10-40(11-9-15)28(45)27(44)38-19-7-5-4-6-16(19)30(35,36)37;27-14-9-15(28)21(30)22(20(14)29)43-11-18(37)17(10-19(38)39)35-23(40)12-5-7-36(8-6-12)25(42)24(41)34-16-4-2-1-3-13(16)26(31,32)33/h4-7,12,15,20H,8-11,13-14H2,1-3H3,(H,38,44)(H,39,43);1-4,9,12,17H,5-8,10-11H2,(H,34,41)(H,35,40)(H,38,39)/t20-;17-/m00/s1. The summed E-state index contributed by atoms with van der Waals surface area (Å²) in [6.07, 6.45) is -11.6. The molecule has 2 aliphatic rings. The molecular weight excluding hydrogens is 1250 g/mol. The van der Waals surface area contributed by atoms with Crippen LogP contribution in [0.5, 0.6) is 11.5 Å². The number of alkyl halides is 6. The van der Waals surface area contributed by atoms with Gasteiger partial charge in [0.25, 0.3) is 0 Å². The molecule has 2 heterocycles. The fourth-order valence-electron chi connectivity index (χ4n) is 8.64. The number of carboxylic acid groups (broad SMARTS) is 1. The van der Waals surface area contributed by atoms with Crippen LogP contribution in [-0.4, -0.2) is 131 Å². The van der Waals surface area contributed by atoms with Crippen LogP contribution in [0.2, 0.25) is 0 Å². The molecular formula is C56H52F14N6O14. The highest BCUT2D eigenvalue weighted by atomic mass is 19.4. The zero-order chi connectivity index (χ0) is 67.3. The Morgan fingerprint density at radius 1 is 0.522 bits per heavy atom. The van der Waals surface area contributed by atoms with Crippen LogP contribution >= 0.6 is 0 Å². The van der Waals surface area contributed by atoms with E-state index in [9.17, 15) is 109 Å². The number of hydrogen-bond donors (Lipinski definition) is 5. The molecule has 4 aromatic carbocycles. The highest BCUT2D eigenvalue weighted by Crippen LogP contribution is 2.36. The van der Waals surface area contributed by atoms with Crippen LogP contribution in [0, 0.1) is 58.4 Å². The maximum absolute atomic E-state index is 14.0. The van der Waals surface area contributed by atoms with E-state index in [4.69, 9.17) is 9.84 Å². The lowest BCUT2D eigenvalue weighted by atomic mass is 9.95. The molecule has 2 saturated heterocycles. The van der Waals surface area contributed by atoms with Crippen molar-refractivity contribution in [1.82, 2.24) is 20.4 Å². The van der Waals surface area contributed by atoms with Gasteiger partial charge in [-0.1, -0.05) is 24.3 Å². The molecule has 4 aromatic rings. The van der Waals surface area contributed by atoms with Crippen molar-refractivity contribution in [3.8, 4) is 11.5 Å². The van der Waals surface area contributed by atoms with E-state index in [1.807, 2.05) is 10.6 Å². The SMILES string of the molecule is CC(C)(C)OC(=O)C[C@H](NC(=O)C1CCN(C(=O)C(=O)Nc2ccccc2C(F)(F)F)CC1)C(=O)COc1c(F)c(F)cc(F)c1F.O=C(O)C[C@H](NC(=O)C1CCN(C(=O)C(=O)Nc2ccccc2C(F)(F)F)CC1)C(=O)COc1c(F)c(F)cc(F)c1F. The molecule has 20 nitrogen and oxygen atoms in total. The van der Waals surface area contributed by atoms with Gasteiger partial charge in [-0.15, -0.1) is 0 Å². The van der Waals surface area contributed by atoms with Crippen LogP contribution in [0.3, 0.4) is 0 Å². The molecule has 0 aliphatic carbocycles. The van der Waals surface area contributed by atoms with Gasteiger partial charge in [-0.05, 0) is 70.7 Å². The van der Waals surface area contributed by atoms with Gasteiger partial charge in [-0.2, -0.15) is 43.9 Å². The van der Waals surface area contributed by atoms with Gasteiger partial charge in [0, 0.05) is 50.1 Å². The number of carbonyl (C=O) groups excluding carboxylic acids is 9. The third kappa shape index (κ3) is 19.5. The number of para-hydroxylation sites is 2. The van der Waals surface area contributed by atoms with E-state index in [0.29, 0.717) is 0 Å². The molecule has 0 spiro atoms. The van der Waals surface area contributed by atoms with E-state index in [2.05, 4.69) is 20.1 Å². The number of ketones is 2.